The molecule has 2 unspecified atom stereocenters. The molecule has 1 aromatic carbocycles. The van der Waals surface area contributed by atoms with Crippen LogP contribution < -0.4 is 15.2 Å². The van der Waals surface area contributed by atoms with E-state index in [2.05, 4.69) is 19.1 Å². The van der Waals surface area contributed by atoms with Crippen molar-refractivity contribution in [1.29, 1.82) is 0 Å². The number of rotatable bonds is 6. The minimum absolute atomic E-state index is 0.368. The van der Waals surface area contributed by atoms with Gasteiger partial charge in [0.25, 0.3) is 0 Å². The molecule has 1 aromatic rings. The van der Waals surface area contributed by atoms with Crippen molar-refractivity contribution in [1.82, 2.24) is 0 Å². The SMILES string of the molecule is CCc1ccc(OCCC2CCCC2N)c(OC)c1. The molecule has 19 heavy (non-hydrogen) atoms. The van der Waals surface area contributed by atoms with Gasteiger partial charge in [0, 0.05) is 6.04 Å². The van der Waals surface area contributed by atoms with Crippen molar-refractivity contribution < 1.29 is 9.47 Å². The van der Waals surface area contributed by atoms with Crippen LogP contribution in [0.1, 0.15) is 38.2 Å². The van der Waals surface area contributed by atoms with Crippen LogP contribution in [0.25, 0.3) is 0 Å². The smallest absolute Gasteiger partial charge is 0.161 e. The third-order valence-electron chi connectivity index (χ3n) is 4.10. The van der Waals surface area contributed by atoms with Crippen LogP contribution in [0.4, 0.5) is 0 Å². The summed E-state index contributed by atoms with van der Waals surface area (Å²) in [7, 11) is 1.69. The second-order valence-corrected chi connectivity index (χ2v) is 5.33. The fraction of sp³-hybridized carbons (Fsp3) is 0.625. The van der Waals surface area contributed by atoms with Crippen LogP contribution in [-0.4, -0.2) is 19.8 Å². The van der Waals surface area contributed by atoms with Crippen LogP contribution in [0, 0.1) is 5.92 Å². The number of hydrogen-bond acceptors (Lipinski definition) is 3. The average molecular weight is 263 g/mol. The van der Waals surface area contributed by atoms with Crippen LogP contribution in [0.3, 0.4) is 0 Å². The van der Waals surface area contributed by atoms with Gasteiger partial charge in [0.2, 0.25) is 0 Å². The molecule has 1 fully saturated rings. The summed E-state index contributed by atoms with van der Waals surface area (Å²) in [5, 5.41) is 0. The predicted molar refractivity (Wildman–Crippen MR) is 77.8 cm³/mol. The molecule has 1 aliphatic carbocycles. The van der Waals surface area contributed by atoms with Crippen molar-refractivity contribution >= 4 is 0 Å². The molecule has 3 heteroatoms. The van der Waals surface area contributed by atoms with Gasteiger partial charge in [-0.05, 0) is 49.3 Å². The van der Waals surface area contributed by atoms with E-state index in [-0.39, 0.29) is 0 Å². The molecule has 3 nitrogen and oxygen atoms in total. The van der Waals surface area contributed by atoms with Crippen LogP contribution in [-0.2, 0) is 6.42 Å². The molecule has 2 atom stereocenters. The second kappa shape index (κ2) is 6.80. The van der Waals surface area contributed by atoms with E-state index in [1.807, 2.05) is 6.07 Å². The summed E-state index contributed by atoms with van der Waals surface area (Å²) >= 11 is 0. The summed E-state index contributed by atoms with van der Waals surface area (Å²) in [5.41, 5.74) is 7.34. The lowest BCUT2D eigenvalue weighted by Gasteiger charge is -2.16. The monoisotopic (exact) mass is 263 g/mol. The van der Waals surface area contributed by atoms with E-state index in [4.69, 9.17) is 15.2 Å². The molecule has 2 rings (SSSR count). The Hall–Kier alpha value is -1.22. The molecular weight excluding hydrogens is 238 g/mol. The zero-order chi connectivity index (χ0) is 13.7. The number of hydrogen-bond donors (Lipinski definition) is 1. The van der Waals surface area contributed by atoms with Gasteiger partial charge in [0.1, 0.15) is 0 Å². The van der Waals surface area contributed by atoms with E-state index in [1.54, 1.807) is 7.11 Å². The molecule has 1 saturated carbocycles. The Bertz CT molecular complexity index is 406. The lowest BCUT2D eigenvalue weighted by atomic mass is 10.0. The molecule has 0 aliphatic heterocycles. The minimum Gasteiger partial charge on any atom is -0.493 e. The van der Waals surface area contributed by atoms with Gasteiger partial charge in [0.15, 0.2) is 11.5 Å². The highest BCUT2D eigenvalue weighted by atomic mass is 16.5. The van der Waals surface area contributed by atoms with Crippen LogP contribution in [0.15, 0.2) is 18.2 Å². The Morgan fingerprint density at radius 2 is 2.11 bits per heavy atom. The fourth-order valence-corrected chi connectivity index (χ4v) is 2.80. The lowest BCUT2D eigenvalue weighted by molar-refractivity contribution is 0.258. The van der Waals surface area contributed by atoms with E-state index in [9.17, 15) is 0 Å². The number of aryl methyl sites for hydroxylation is 1. The molecule has 0 saturated heterocycles. The highest BCUT2D eigenvalue weighted by Crippen LogP contribution is 2.30. The van der Waals surface area contributed by atoms with Crippen LogP contribution in [0.5, 0.6) is 11.5 Å². The molecule has 0 heterocycles. The van der Waals surface area contributed by atoms with Gasteiger partial charge in [-0.3, -0.25) is 0 Å². The number of ether oxygens (including phenoxy) is 2. The number of nitrogens with two attached hydrogens (primary N) is 1. The van der Waals surface area contributed by atoms with Gasteiger partial charge in [-0.2, -0.15) is 0 Å². The summed E-state index contributed by atoms with van der Waals surface area (Å²) in [4.78, 5) is 0. The summed E-state index contributed by atoms with van der Waals surface area (Å²) in [6.45, 7) is 2.86. The van der Waals surface area contributed by atoms with Crippen molar-refractivity contribution in [3.8, 4) is 11.5 Å². The molecule has 0 radical (unpaired) electrons. The maximum Gasteiger partial charge on any atom is 0.161 e. The predicted octanol–water partition coefficient (Wildman–Crippen LogP) is 3.15. The van der Waals surface area contributed by atoms with Gasteiger partial charge < -0.3 is 15.2 Å². The van der Waals surface area contributed by atoms with Gasteiger partial charge >= 0.3 is 0 Å². The first-order valence-corrected chi connectivity index (χ1v) is 7.30. The van der Waals surface area contributed by atoms with Gasteiger partial charge in [0.05, 0.1) is 13.7 Å². The van der Waals surface area contributed by atoms with E-state index in [0.717, 1.165) is 30.9 Å². The highest BCUT2D eigenvalue weighted by Gasteiger charge is 2.23. The number of benzene rings is 1. The number of methoxy groups -OCH3 is 1. The standard InChI is InChI=1S/C16H25NO2/c1-3-12-7-8-15(16(11-12)18-2)19-10-9-13-5-4-6-14(13)17/h7-8,11,13-14H,3-6,9-10,17H2,1-2H3. The van der Waals surface area contributed by atoms with Gasteiger partial charge in [-0.1, -0.05) is 19.4 Å². The molecule has 0 aromatic heterocycles. The second-order valence-electron chi connectivity index (χ2n) is 5.33. The molecular formula is C16H25NO2. The maximum absolute atomic E-state index is 6.07. The first kappa shape index (κ1) is 14.2. The maximum atomic E-state index is 6.07. The van der Waals surface area contributed by atoms with Crippen LogP contribution in [0.2, 0.25) is 0 Å². The zero-order valence-corrected chi connectivity index (χ0v) is 12.0. The zero-order valence-electron chi connectivity index (χ0n) is 12.0. The molecule has 106 valence electrons. The third kappa shape index (κ3) is 3.63. The minimum atomic E-state index is 0.368. The quantitative estimate of drug-likeness (QED) is 0.857. The summed E-state index contributed by atoms with van der Waals surface area (Å²) in [5.74, 6) is 2.29. The summed E-state index contributed by atoms with van der Waals surface area (Å²) in [6, 6.07) is 6.52. The molecule has 0 spiro atoms. The normalized spacial score (nSPS) is 22.5. The summed E-state index contributed by atoms with van der Waals surface area (Å²) < 4.78 is 11.2. The molecule has 2 N–H and O–H groups in total. The Balaban J connectivity index is 1.88. The first-order chi connectivity index (χ1) is 9.24. The van der Waals surface area contributed by atoms with E-state index >= 15 is 0 Å². The average Bonchev–Trinajstić information content (AvgIpc) is 2.84. The highest BCUT2D eigenvalue weighted by molar-refractivity contribution is 5.42. The van der Waals surface area contributed by atoms with Crippen LogP contribution >= 0.6 is 0 Å². The van der Waals surface area contributed by atoms with Gasteiger partial charge in [-0.15, -0.1) is 0 Å². The van der Waals surface area contributed by atoms with E-state index in [0.29, 0.717) is 12.0 Å². The molecule has 1 aliphatic rings. The van der Waals surface area contributed by atoms with Gasteiger partial charge in [-0.25, -0.2) is 0 Å². The fourth-order valence-electron chi connectivity index (χ4n) is 2.80. The Kier molecular flexibility index (Phi) is 5.08. The van der Waals surface area contributed by atoms with Crippen molar-refractivity contribution in [2.75, 3.05) is 13.7 Å². The lowest BCUT2D eigenvalue weighted by Crippen LogP contribution is -2.25. The van der Waals surface area contributed by atoms with Crippen molar-refractivity contribution in [3.05, 3.63) is 23.8 Å². The molecule has 0 amide bonds. The first-order valence-electron chi connectivity index (χ1n) is 7.30. The Morgan fingerprint density at radius 3 is 2.74 bits per heavy atom. The topological polar surface area (TPSA) is 44.5 Å². The Labute approximate surface area is 116 Å². The summed E-state index contributed by atoms with van der Waals surface area (Å²) in [6.07, 6.45) is 5.73. The van der Waals surface area contributed by atoms with Crippen molar-refractivity contribution in [2.24, 2.45) is 11.7 Å². The van der Waals surface area contributed by atoms with E-state index < -0.39 is 0 Å². The molecule has 0 bridgehead atoms. The van der Waals surface area contributed by atoms with Crippen molar-refractivity contribution in [2.45, 2.75) is 45.1 Å². The Morgan fingerprint density at radius 1 is 1.26 bits per heavy atom. The largest absolute Gasteiger partial charge is 0.493 e. The van der Waals surface area contributed by atoms with E-state index in [1.165, 1.54) is 24.8 Å². The van der Waals surface area contributed by atoms with Crippen molar-refractivity contribution in [3.63, 3.8) is 0 Å². The third-order valence-corrected chi connectivity index (χ3v) is 4.10.